The molecule has 1 rings (SSSR count). The number of benzene rings is 1. The van der Waals surface area contributed by atoms with Gasteiger partial charge in [0.25, 0.3) is 5.91 Å². The number of carbonyl (C=O) groups is 1. The van der Waals surface area contributed by atoms with Gasteiger partial charge in [-0.2, -0.15) is 0 Å². The van der Waals surface area contributed by atoms with E-state index >= 15 is 0 Å². The van der Waals surface area contributed by atoms with Gasteiger partial charge >= 0.3 is 0 Å². The Labute approximate surface area is 117 Å². The summed E-state index contributed by atoms with van der Waals surface area (Å²) in [6.07, 6.45) is 0. The lowest BCUT2D eigenvalue weighted by Gasteiger charge is -2.12. The predicted molar refractivity (Wildman–Crippen MR) is 72.9 cm³/mol. The van der Waals surface area contributed by atoms with Gasteiger partial charge in [-0.15, -0.1) is 0 Å². The van der Waals surface area contributed by atoms with Crippen LogP contribution >= 0.6 is 11.6 Å². The van der Waals surface area contributed by atoms with Gasteiger partial charge in [0.15, 0.2) is 0 Å². The van der Waals surface area contributed by atoms with E-state index in [2.05, 4.69) is 5.32 Å². The van der Waals surface area contributed by atoms with Gasteiger partial charge in [0.1, 0.15) is 5.75 Å². The molecule has 106 valence electrons. The summed E-state index contributed by atoms with van der Waals surface area (Å²) < 4.78 is 24.0. The van der Waals surface area contributed by atoms with Crippen LogP contribution in [0.15, 0.2) is 18.2 Å². The molecular weight excluding hydrogens is 292 g/mol. The Morgan fingerprint density at radius 3 is 2.63 bits per heavy atom. The normalized spacial score (nSPS) is 11.6. The number of phenols is 1. The Bertz CT molecular complexity index is 572. The smallest absolute Gasteiger partial charge is 0.252 e. The monoisotopic (exact) mass is 306 g/mol. The largest absolute Gasteiger partial charge is 0.508 e. The summed E-state index contributed by atoms with van der Waals surface area (Å²) in [5.41, 5.74) is 0.101. The van der Waals surface area contributed by atoms with Gasteiger partial charge in [-0.1, -0.05) is 11.6 Å². The molecule has 0 atom stereocenters. The molecule has 0 aliphatic carbocycles. The molecule has 0 bridgehead atoms. The van der Waals surface area contributed by atoms with Crippen LogP contribution in [-0.4, -0.2) is 50.1 Å². The Morgan fingerprint density at radius 1 is 1.42 bits per heavy atom. The van der Waals surface area contributed by atoms with Crippen molar-refractivity contribution in [3.63, 3.8) is 0 Å². The first kappa shape index (κ1) is 15.7. The average Bonchev–Trinajstić information content (AvgIpc) is 2.31. The van der Waals surface area contributed by atoms with E-state index in [-0.39, 0.29) is 28.6 Å². The first-order valence-electron chi connectivity index (χ1n) is 5.41. The third-order valence-electron chi connectivity index (χ3n) is 2.40. The van der Waals surface area contributed by atoms with Gasteiger partial charge < -0.3 is 10.4 Å². The third-order valence-corrected chi connectivity index (χ3v) is 4.56. The van der Waals surface area contributed by atoms with Crippen molar-refractivity contribution in [1.29, 1.82) is 0 Å². The second-order valence-corrected chi connectivity index (χ2v) is 6.73. The molecule has 2 N–H and O–H groups in total. The van der Waals surface area contributed by atoms with Gasteiger partial charge in [-0.05, 0) is 18.2 Å². The third kappa shape index (κ3) is 4.38. The molecule has 0 fully saturated rings. The van der Waals surface area contributed by atoms with Crippen LogP contribution in [0.1, 0.15) is 10.4 Å². The molecule has 6 nitrogen and oxygen atoms in total. The number of amides is 1. The Morgan fingerprint density at radius 2 is 2.05 bits per heavy atom. The zero-order valence-corrected chi connectivity index (χ0v) is 12.1. The number of nitrogens with one attached hydrogen (secondary N) is 1. The van der Waals surface area contributed by atoms with Crippen LogP contribution in [0.25, 0.3) is 0 Å². The maximum absolute atomic E-state index is 11.8. The second-order valence-electron chi connectivity index (χ2n) is 4.02. The number of phenolic OH excluding ortho intramolecular Hbond substituents is 1. The van der Waals surface area contributed by atoms with Crippen LogP contribution in [0.5, 0.6) is 5.75 Å². The lowest BCUT2D eigenvalue weighted by atomic mass is 10.2. The summed E-state index contributed by atoms with van der Waals surface area (Å²) in [5.74, 6) is -0.826. The number of carbonyl (C=O) groups excluding carboxylic acids is 1. The fourth-order valence-electron chi connectivity index (χ4n) is 1.26. The number of halogens is 1. The van der Waals surface area contributed by atoms with E-state index in [1.54, 1.807) is 0 Å². The maximum atomic E-state index is 11.8. The zero-order chi connectivity index (χ0) is 14.6. The van der Waals surface area contributed by atoms with Crippen molar-refractivity contribution in [2.75, 3.05) is 26.4 Å². The lowest BCUT2D eigenvalue weighted by molar-refractivity contribution is 0.0956. The van der Waals surface area contributed by atoms with Crippen LogP contribution in [-0.2, 0) is 10.0 Å². The van der Waals surface area contributed by atoms with Gasteiger partial charge in [-0.25, -0.2) is 12.7 Å². The maximum Gasteiger partial charge on any atom is 0.252 e. The molecule has 1 aromatic carbocycles. The van der Waals surface area contributed by atoms with Crippen molar-refractivity contribution in [2.45, 2.75) is 0 Å². The quantitative estimate of drug-likeness (QED) is 0.837. The number of hydrogen-bond acceptors (Lipinski definition) is 4. The summed E-state index contributed by atoms with van der Waals surface area (Å²) in [7, 11) is -0.518. The van der Waals surface area contributed by atoms with Crippen molar-refractivity contribution >= 4 is 27.5 Å². The van der Waals surface area contributed by atoms with Crippen molar-refractivity contribution in [3.05, 3.63) is 28.8 Å². The molecule has 0 aliphatic rings. The van der Waals surface area contributed by atoms with Gasteiger partial charge in [0, 0.05) is 20.6 Å². The van der Waals surface area contributed by atoms with E-state index in [9.17, 15) is 18.3 Å². The van der Waals surface area contributed by atoms with Crippen LogP contribution < -0.4 is 5.32 Å². The number of hydrogen-bond donors (Lipinski definition) is 2. The average molecular weight is 307 g/mol. The molecule has 0 unspecified atom stereocenters. The molecule has 0 saturated heterocycles. The van der Waals surface area contributed by atoms with Crippen molar-refractivity contribution < 1.29 is 18.3 Å². The molecule has 8 heteroatoms. The van der Waals surface area contributed by atoms with Gasteiger partial charge in [0.05, 0.1) is 16.3 Å². The highest BCUT2D eigenvalue weighted by atomic mass is 35.5. The summed E-state index contributed by atoms with van der Waals surface area (Å²) >= 11 is 5.81. The van der Waals surface area contributed by atoms with Crippen molar-refractivity contribution in [3.8, 4) is 5.75 Å². The van der Waals surface area contributed by atoms with Gasteiger partial charge in [0.2, 0.25) is 10.0 Å². The molecule has 0 heterocycles. The first-order chi connectivity index (χ1) is 8.74. The summed E-state index contributed by atoms with van der Waals surface area (Å²) in [4.78, 5) is 11.8. The molecule has 0 aliphatic heterocycles. The molecular formula is C11H15ClN2O4S. The standard InChI is InChI=1S/C11H15ClN2O4S/c1-14(2)19(17,18)6-5-13-11(16)9-7-8(15)3-4-10(9)12/h3-4,7,15H,5-6H2,1-2H3,(H,13,16). The van der Waals surface area contributed by atoms with E-state index in [4.69, 9.17) is 11.6 Å². The van der Waals surface area contributed by atoms with Crippen LogP contribution in [0, 0.1) is 0 Å². The highest BCUT2D eigenvalue weighted by Crippen LogP contribution is 2.20. The molecule has 0 saturated carbocycles. The van der Waals surface area contributed by atoms with E-state index in [0.717, 1.165) is 4.31 Å². The van der Waals surface area contributed by atoms with Crippen molar-refractivity contribution in [1.82, 2.24) is 9.62 Å². The molecule has 0 aromatic heterocycles. The predicted octanol–water partition coefficient (Wildman–Crippen LogP) is 0.667. The topological polar surface area (TPSA) is 86.7 Å². The summed E-state index contributed by atoms with van der Waals surface area (Å²) in [5, 5.41) is 11.9. The number of aromatic hydroxyl groups is 1. The minimum atomic E-state index is -3.36. The Hall–Kier alpha value is -1.31. The van der Waals surface area contributed by atoms with Crippen LogP contribution in [0.3, 0.4) is 0 Å². The molecule has 1 amide bonds. The van der Waals surface area contributed by atoms with Gasteiger partial charge in [-0.3, -0.25) is 4.79 Å². The SMILES string of the molecule is CN(C)S(=O)(=O)CCNC(=O)c1cc(O)ccc1Cl. The van der Waals surface area contributed by atoms with E-state index in [1.165, 1.54) is 32.3 Å². The fourth-order valence-corrected chi connectivity index (χ4v) is 2.19. The van der Waals surface area contributed by atoms with E-state index in [1.807, 2.05) is 0 Å². The number of sulfonamides is 1. The Kier molecular flexibility index (Phi) is 5.16. The fraction of sp³-hybridized carbons (Fsp3) is 0.364. The highest BCUT2D eigenvalue weighted by Gasteiger charge is 2.15. The lowest BCUT2D eigenvalue weighted by Crippen LogP contribution is -2.34. The highest BCUT2D eigenvalue weighted by molar-refractivity contribution is 7.89. The molecule has 0 radical (unpaired) electrons. The van der Waals surface area contributed by atoms with E-state index in [0.29, 0.717) is 0 Å². The summed E-state index contributed by atoms with van der Waals surface area (Å²) in [6.45, 7) is -0.0364. The number of rotatable bonds is 5. The molecule has 0 spiro atoms. The molecule has 19 heavy (non-hydrogen) atoms. The first-order valence-corrected chi connectivity index (χ1v) is 7.39. The molecule has 1 aromatic rings. The van der Waals surface area contributed by atoms with Crippen LogP contribution in [0.4, 0.5) is 0 Å². The second kappa shape index (κ2) is 6.23. The minimum Gasteiger partial charge on any atom is -0.508 e. The minimum absolute atomic E-state index is 0.0364. The van der Waals surface area contributed by atoms with Crippen molar-refractivity contribution in [2.24, 2.45) is 0 Å². The van der Waals surface area contributed by atoms with E-state index < -0.39 is 15.9 Å². The summed E-state index contributed by atoms with van der Waals surface area (Å²) in [6, 6.07) is 3.97. The number of nitrogens with zero attached hydrogens (tertiary/aromatic N) is 1. The Balaban J connectivity index is 2.64. The van der Waals surface area contributed by atoms with Crippen LogP contribution in [0.2, 0.25) is 5.02 Å². The zero-order valence-electron chi connectivity index (χ0n) is 10.6.